The van der Waals surface area contributed by atoms with Crippen molar-refractivity contribution >= 4 is 41.1 Å². The van der Waals surface area contributed by atoms with Crippen molar-refractivity contribution in [2.24, 2.45) is 0 Å². The van der Waals surface area contributed by atoms with Gasteiger partial charge < -0.3 is 19.8 Å². The van der Waals surface area contributed by atoms with Crippen LogP contribution >= 0.6 is 23.4 Å². The molecule has 0 spiro atoms. The summed E-state index contributed by atoms with van der Waals surface area (Å²) in [6.07, 6.45) is 0. The van der Waals surface area contributed by atoms with E-state index in [1.165, 1.54) is 16.7 Å². The number of aliphatic carboxylic acids is 1. The van der Waals surface area contributed by atoms with Crippen molar-refractivity contribution in [2.45, 2.75) is 36.2 Å². The Kier molecular flexibility index (Phi) is 4.82. The topological polar surface area (TPSA) is 113 Å². The van der Waals surface area contributed by atoms with Gasteiger partial charge in [0.25, 0.3) is 5.91 Å². The molecule has 0 aliphatic carbocycles. The number of halogens is 1. The highest BCUT2D eigenvalue weighted by molar-refractivity contribution is 8.00. The van der Waals surface area contributed by atoms with Crippen LogP contribution in [0.15, 0.2) is 34.9 Å². The average molecular weight is 436 g/mol. The molecule has 0 radical (unpaired) electrons. The molecule has 10 heteroatoms. The minimum atomic E-state index is -1.16. The maximum atomic E-state index is 13.0. The van der Waals surface area contributed by atoms with Crippen LogP contribution in [-0.2, 0) is 9.59 Å². The number of aryl methyl sites for hydroxylation is 1. The van der Waals surface area contributed by atoms with Crippen molar-refractivity contribution < 1.29 is 24.0 Å². The van der Waals surface area contributed by atoms with E-state index in [0.717, 1.165) is 0 Å². The van der Waals surface area contributed by atoms with Gasteiger partial charge in [-0.3, -0.25) is 9.59 Å². The number of nitrogens with zero attached hydrogens (tertiary/aromatic N) is 2. The van der Waals surface area contributed by atoms with Gasteiger partial charge in [-0.1, -0.05) is 35.5 Å². The van der Waals surface area contributed by atoms with E-state index >= 15 is 0 Å². The lowest BCUT2D eigenvalue weighted by atomic mass is 9.94. The molecular weight excluding hydrogens is 418 g/mol. The number of carboxylic acid groups (broad SMARTS) is 1. The van der Waals surface area contributed by atoms with Gasteiger partial charge in [-0.2, -0.15) is 0 Å². The van der Waals surface area contributed by atoms with Crippen LogP contribution in [0.2, 0.25) is 0 Å². The number of carboxylic acids is 1. The van der Waals surface area contributed by atoms with Crippen molar-refractivity contribution in [1.29, 1.82) is 0 Å². The lowest BCUT2D eigenvalue weighted by Gasteiger charge is -2.55. The zero-order valence-electron chi connectivity index (χ0n) is 15.6. The van der Waals surface area contributed by atoms with Crippen LogP contribution in [0, 0.1) is 6.92 Å². The average Bonchev–Trinajstić information content (AvgIpc) is 3.07. The Bertz CT molecular complexity index is 993. The number of thioether (sulfide) groups is 1. The molecule has 2 fully saturated rings. The van der Waals surface area contributed by atoms with Gasteiger partial charge in [0.2, 0.25) is 5.91 Å². The number of fused-ring (bicyclic) bond motifs is 1. The molecule has 1 aromatic carbocycles. The van der Waals surface area contributed by atoms with Gasteiger partial charge in [0.05, 0.1) is 4.87 Å². The largest absolute Gasteiger partial charge is 0.480 e. The lowest BCUT2D eigenvalue weighted by molar-refractivity contribution is -0.162. The number of β-lactam (4-membered cyclic amide) rings is 1. The van der Waals surface area contributed by atoms with Gasteiger partial charge in [-0.15, -0.1) is 23.4 Å². The molecule has 2 aliphatic heterocycles. The van der Waals surface area contributed by atoms with E-state index in [1.54, 1.807) is 26.0 Å². The zero-order chi connectivity index (χ0) is 20.9. The molecule has 2 amide bonds. The highest BCUT2D eigenvalue weighted by Gasteiger charge is 2.61. The molecule has 2 N–H and O–H groups in total. The number of hydrogen-bond donors (Lipinski definition) is 2. The summed E-state index contributed by atoms with van der Waals surface area (Å²) in [6, 6.07) is 7.12. The number of nitrogens with one attached hydrogen (secondary N) is 1. The molecule has 2 aromatic rings. The summed E-state index contributed by atoms with van der Waals surface area (Å²) in [7, 11) is 0. The number of aromatic nitrogens is 1. The normalized spacial score (nSPS) is 28.4. The van der Waals surface area contributed by atoms with Gasteiger partial charge in [-0.05, 0) is 13.8 Å². The summed E-state index contributed by atoms with van der Waals surface area (Å²) < 4.78 is 5.21. The zero-order valence-corrected chi connectivity index (χ0v) is 17.2. The Morgan fingerprint density at radius 2 is 2.07 bits per heavy atom. The third kappa shape index (κ3) is 3.18. The molecule has 1 aromatic heterocycles. The summed E-state index contributed by atoms with van der Waals surface area (Å²) >= 11 is 7.69. The standard InChI is InChI=1S/C19H18ClN3O5S/c1-9-11(12(22-28-9)10-6-4-3-5-7-10)15(24)21-13-16(25)23-14(18(26)27)19(2,20)8-29-17(13)23/h3-7,13-14,17H,8H2,1-2H3,(H,21,24)(H,26,27)/t13-,14+,17+,19-/m1/s1. The summed E-state index contributed by atoms with van der Waals surface area (Å²) in [6.45, 7) is 3.22. The quantitative estimate of drug-likeness (QED) is 0.558. The van der Waals surface area contributed by atoms with Crippen molar-refractivity contribution in [2.75, 3.05) is 5.75 Å². The molecular formula is C19H18ClN3O5S. The Balaban J connectivity index is 1.57. The third-order valence-electron chi connectivity index (χ3n) is 5.12. The summed E-state index contributed by atoms with van der Waals surface area (Å²) in [5.74, 6) is -1.45. The molecule has 152 valence electrons. The molecule has 4 rings (SSSR count). The van der Waals surface area contributed by atoms with Crippen LogP contribution in [0.1, 0.15) is 23.0 Å². The molecule has 2 saturated heterocycles. The first-order valence-electron chi connectivity index (χ1n) is 8.90. The van der Waals surface area contributed by atoms with E-state index in [0.29, 0.717) is 22.8 Å². The van der Waals surface area contributed by atoms with Gasteiger partial charge in [0.1, 0.15) is 34.5 Å². The molecule has 0 unspecified atom stereocenters. The third-order valence-corrected chi connectivity index (χ3v) is 7.23. The second-order valence-electron chi connectivity index (χ2n) is 7.25. The number of carbonyl (C=O) groups excluding carboxylic acids is 2. The first-order valence-corrected chi connectivity index (χ1v) is 10.3. The van der Waals surface area contributed by atoms with Crippen molar-refractivity contribution in [3.8, 4) is 11.3 Å². The molecule has 0 bridgehead atoms. The molecule has 8 nitrogen and oxygen atoms in total. The fourth-order valence-corrected chi connectivity index (χ4v) is 5.51. The van der Waals surface area contributed by atoms with Crippen LogP contribution in [0.3, 0.4) is 0 Å². The fraction of sp³-hybridized carbons (Fsp3) is 0.368. The van der Waals surface area contributed by atoms with Gasteiger partial charge in [0, 0.05) is 11.3 Å². The highest BCUT2D eigenvalue weighted by Crippen LogP contribution is 2.45. The van der Waals surface area contributed by atoms with Crippen LogP contribution in [0.4, 0.5) is 0 Å². The van der Waals surface area contributed by atoms with Crippen LogP contribution < -0.4 is 5.32 Å². The number of rotatable bonds is 4. The minimum absolute atomic E-state index is 0.250. The first kappa shape index (κ1) is 19.8. The summed E-state index contributed by atoms with van der Waals surface area (Å²) in [4.78, 5) is 37.5. The number of hydrogen-bond acceptors (Lipinski definition) is 6. The number of amides is 2. The maximum Gasteiger partial charge on any atom is 0.328 e. The Hall–Kier alpha value is -2.52. The monoisotopic (exact) mass is 435 g/mol. The molecule has 2 aliphatic rings. The van der Waals surface area contributed by atoms with E-state index in [-0.39, 0.29) is 5.56 Å². The molecule has 4 atom stereocenters. The Labute approximate surface area is 175 Å². The van der Waals surface area contributed by atoms with E-state index in [4.69, 9.17) is 16.1 Å². The van der Waals surface area contributed by atoms with Gasteiger partial charge in [0.15, 0.2) is 0 Å². The van der Waals surface area contributed by atoms with E-state index in [1.807, 2.05) is 18.2 Å². The first-order chi connectivity index (χ1) is 13.7. The van der Waals surface area contributed by atoms with Gasteiger partial charge in [-0.25, -0.2) is 4.79 Å². The predicted molar refractivity (Wildman–Crippen MR) is 107 cm³/mol. The van der Waals surface area contributed by atoms with Crippen LogP contribution in [0.25, 0.3) is 11.3 Å². The molecule has 0 saturated carbocycles. The smallest absolute Gasteiger partial charge is 0.328 e. The Morgan fingerprint density at radius 1 is 1.38 bits per heavy atom. The number of carbonyl (C=O) groups is 3. The Morgan fingerprint density at radius 3 is 2.72 bits per heavy atom. The molecule has 29 heavy (non-hydrogen) atoms. The van der Waals surface area contributed by atoms with Crippen molar-refractivity contribution in [3.05, 3.63) is 41.7 Å². The van der Waals surface area contributed by atoms with Crippen molar-refractivity contribution in [1.82, 2.24) is 15.4 Å². The summed E-state index contributed by atoms with van der Waals surface area (Å²) in [5.41, 5.74) is 1.35. The fourth-order valence-electron chi connectivity index (χ4n) is 3.71. The van der Waals surface area contributed by atoms with Crippen LogP contribution in [0.5, 0.6) is 0 Å². The minimum Gasteiger partial charge on any atom is -0.480 e. The van der Waals surface area contributed by atoms with E-state index < -0.39 is 40.1 Å². The van der Waals surface area contributed by atoms with E-state index in [2.05, 4.69) is 10.5 Å². The second kappa shape index (κ2) is 7.07. The second-order valence-corrected chi connectivity index (χ2v) is 9.21. The molecule has 3 heterocycles. The highest BCUT2D eigenvalue weighted by atomic mass is 35.5. The van der Waals surface area contributed by atoms with Crippen LogP contribution in [-0.4, -0.2) is 61.0 Å². The lowest BCUT2D eigenvalue weighted by Crippen LogP contribution is -2.78. The van der Waals surface area contributed by atoms with E-state index in [9.17, 15) is 19.5 Å². The SMILES string of the molecule is Cc1onc(-c2ccccc2)c1C(=O)N[C@@H]1C(=O)N2[C@@H](C(=O)O)[C@](C)(Cl)CS[C@@H]12. The maximum absolute atomic E-state index is 13.0. The van der Waals surface area contributed by atoms with Crippen molar-refractivity contribution in [3.63, 3.8) is 0 Å². The van der Waals surface area contributed by atoms with Gasteiger partial charge >= 0.3 is 5.97 Å². The summed E-state index contributed by atoms with van der Waals surface area (Å²) in [5, 5.41) is 15.7. The number of alkyl halides is 1. The predicted octanol–water partition coefficient (Wildman–Crippen LogP) is 2.11. The number of benzene rings is 1.